The summed E-state index contributed by atoms with van der Waals surface area (Å²) in [5.74, 6) is 0.709. The molecule has 0 radical (unpaired) electrons. The zero-order chi connectivity index (χ0) is 17.4. The van der Waals surface area contributed by atoms with Gasteiger partial charge in [0.25, 0.3) is 0 Å². The van der Waals surface area contributed by atoms with Gasteiger partial charge in [-0.3, -0.25) is 4.90 Å². The lowest BCUT2D eigenvalue weighted by atomic mass is 10.2. The van der Waals surface area contributed by atoms with Gasteiger partial charge in [0.05, 0.1) is 17.7 Å². The maximum atomic E-state index is 10.2. The molecule has 0 bridgehead atoms. The average molecular weight is 332 g/mol. The Hall–Kier alpha value is -1.65. The highest BCUT2D eigenvalue weighted by atomic mass is 16.5. The van der Waals surface area contributed by atoms with Crippen LogP contribution in [-0.4, -0.2) is 92.4 Å². The first kappa shape index (κ1) is 18.7. The van der Waals surface area contributed by atoms with Crippen LogP contribution in [0.25, 0.3) is 0 Å². The molecule has 0 spiro atoms. The van der Waals surface area contributed by atoms with Crippen molar-refractivity contribution >= 4 is 0 Å². The third-order valence-electron chi connectivity index (χ3n) is 4.29. The van der Waals surface area contributed by atoms with E-state index in [2.05, 4.69) is 27.8 Å². The molecule has 1 unspecified atom stereocenters. The Labute approximate surface area is 144 Å². The number of likely N-dealkylation sites (N-methyl/N-ethyl adjacent to an activating group) is 2. The lowest BCUT2D eigenvalue weighted by Gasteiger charge is -2.34. The van der Waals surface area contributed by atoms with E-state index >= 15 is 0 Å². The fourth-order valence-corrected chi connectivity index (χ4v) is 2.81. The normalized spacial score (nSPS) is 17.6. The number of aliphatic hydroxyl groups excluding tert-OH is 1. The van der Waals surface area contributed by atoms with Crippen molar-refractivity contribution in [3.05, 3.63) is 29.8 Å². The molecular weight excluding hydrogens is 304 g/mol. The van der Waals surface area contributed by atoms with Crippen LogP contribution in [0.15, 0.2) is 24.3 Å². The second kappa shape index (κ2) is 9.60. The molecule has 1 aromatic rings. The summed E-state index contributed by atoms with van der Waals surface area (Å²) in [7, 11) is 4.12. The summed E-state index contributed by atoms with van der Waals surface area (Å²) < 4.78 is 5.67. The monoisotopic (exact) mass is 332 g/mol. The number of benzene rings is 1. The molecule has 0 aromatic heterocycles. The average Bonchev–Trinajstić information content (AvgIpc) is 2.57. The molecule has 6 heteroatoms. The third-order valence-corrected chi connectivity index (χ3v) is 4.29. The topological polar surface area (TPSA) is 63.0 Å². The second-order valence-corrected chi connectivity index (χ2v) is 6.51. The summed E-state index contributed by atoms with van der Waals surface area (Å²) in [6.07, 6.45) is -0.347. The summed E-state index contributed by atoms with van der Waals surface area (Å²) in [5, 5.41) is 19.1. The molecule has 1 N–H and O–H groups in total. The Morgan fingerprint density at radius 2 is 2.08 bits per heavy atom. The van der Waals surface area contributed by atoms with E-state index in [9.17, 15) is 5.11 Å². The van der Waals surface area contributed by atoms with Crippen LogP contribution in [0.3, 0.4) is 0 Å². The van der Waals surface area contributed by atoms with Crippen LogP contribution in [0.2, 0.25) is 0 Å². The number of rotatable bonds is 8. The van der Waals surface area contributed by atoms with Gasteiger partial charge in [-0.1, -0.05) is 6.07 Å². The molecule has 2 rings (SSSR count). The third kappa shape index (κ3) is 6.46. The summed E-state index contributed by atoms with van der Waals surface area (Å²) in [6.45, 7) is 6.81. The summed E-state index contributed by atoms with van der Waals surface area (Å²) >= 11 is 0. The van der Waals surface area contributed by atoms with Crippen LogP contribution < -0.4 is 4.74 Å². The molecule has 1 aliphatic rings. The smallest absolute Gasteiger partial charge is 0.120 e. The van der Waals surface area contributed by atoms with Crippen LogP contribution in [-0.2, 0) is 0 Å². The molecule has 24 heavy (non-hydrogen) atoms. The maximum Gasteiger partial charge on any atom is 0.120 e. The van der Waals surface area contributed by atoms with Crippen molar-refractivity contribution in [3.8, 4) is 11.8 Å². The van der Waals surface area contributed by atoms with E-state index in [0.717, 1.165) is 39.3 Å². The quantitative estimate of drug-likeness (QED) is 0.747. The van der Waals surface area contributed by atoms with Gasteiger partial charge in [-0.2, -0.15) is 5.26 Å². The first-order valence-electron chi connectivity index (χ1n) is 8.47. The van der Waals surface area contributed by atoms with E-state index in [-0.39, 0.29) is 6.10 Å². The van der Waals surface area contributed by atoms with Gasteiger partial charge < -0.3 is 19.6 Å². The standard InChI is InChI=1S/C18H28N4O2/c1-20-6-8-22(9-7-20)15-17(23)14-21(2)10-11-24-18-5-3-4-16(12-18)13-19/h3-5,12,17,23H,6-11,14-15H2,1-2H3. The van der Waals surface area contributed by atoms with E-state index in [0.29, 0.717) is 24.5 Å². The Morgan fingerprint density at radius 3 is 2.79 bits per heavy atom. The number of ether oxygens (including phenoxy) is 1. The van der Waals surface area contributed by atoms with Gasteiger partial charge in [-0.15, -0.1) is 0 Å². The van der Waals surface area contributed by atoms with Gasteiger partial charge in [-0.25, -0.2) is 0 Å². The Bertz CT molecular complexity index is 538. The van der Waals surface area contributed by atoms with Gasteiger partial charge in [-0.05, 0) is 32.3 Å². The van der Waals surface area contributed by atoms with Gasteiger partial charge in [0, 0.05) is 45.8 Å². The molecule has 1 atom stereocenters. The highest BCUT2D eigenvalue weighted by Gasteiger charge is 2.17. The molecule has 0 amide bonds. The predicted molar refractivity (Wildman–Crippen MR) is 94.1 cm³/mol. The molecule has 0 aliphatic carbocycles. The second-order valence-electron chi connectivity index (χ2n) is 6.51. The van der Waals surface area contributed by atoms with Crippen LogP contribution in [0, 0.1) is 11.3 Å². The zero-order valence-corrected chi connectivity index (χ0v) is 14.7. The molecule has 1 fully saturated rings. The Balaban J connectivity index is 1.63. The highest BCUT2D eigenvalue weighted by molar-refractivity contribution is 5.36. The minimum Gasteiger partial charge on any atom is -0.492 e. The summed E-state index contributed by atoms with van der Waals surface area (Å²) in [6, 6.07) is 9.27. The number of piperazine rings is 1. The van der Waals surface area contributed by atoms with E-state index in [1.54, 1.807) is 12.1 Å². The van der Waals surface area contributed by atoms with Crippen LogP contribution in [0.1, 0.15) is 5.56 Å². The van der Waals surface area contributed by atoms with E-state index in [1.807, 2.05) is 19.2 Å². The fourth-order valence-electron chi connectivity index (χ4n) is 2.81. The van der Waals surface area contributed by atoms with Gasteiger partial charge in [0.15, 0.2) is 0 Å². The van der Waals surface area contributed by atoms with Crippen LogP contribution in [0.4, 0.5) is 0 Å². The first-order valence-corrected chi connectivity index (χ1v) is 8.47. The van der Waals surface area contributed by atoms with Crippen molar-refractivity contribution in [2.75, 3.05) is 66.5 Å². The van der Waals surface area contributed by atoms with Crippen molar-refractivity contribution in [3.63, 3.8) is 0 Å². The van der Waals surface area contributed by atoms with E-state index in [4.69, 9.17) is 10.00 Å². The van der Waals surface area contributed by atoms with Crippen molar-refractivity contribution in [1.29, 1.82) is 5.26 Å². The van der Waals surface area contributed by atoms with Gasteiger partial charge in [0.1, 0.15) is 12.4 Å². The first-order chi connectivity index (χ1) is 11.6. The van der Waals surface area contributed by atoms with Crippen molar-refractivity contribution in [2.45, 2.75) is 6.10 Å². The summed E-state index contributed by atoms with van der Waals surface area (Å²) in [4.78, 5) is 6.71. The number of hydrogen-bond donors (Lipinski definition) is 1. The SMILES string of the molecule is CN1CCN(CC(O)CN(C)CCOc2cccc(C#N)c2)CC1. The molecule has 1 aromatic carbocycles. The Kier molecular flexibility index (Phi) is 7.47. The molecule has 132 valence electrons. The molecule has 1 saturated heterocycles. The van der Waals surface area contributed by atoms with Crippen LogP contribution >= 0.6 is 0 Å². The van der Waals surface area contributed by atoms with Crippen LogP contribution in [0.5, 0.6) is 5.75 Å². The Morgan fingerprint density at radius 1 is 1.33 bits per heavy atom. The van der Waals surface area contributed by atoms with Crippen molar-refractivity contribution < 1.29 is 9.84 Å². The highest BCUT2D eigenvalue weighted by Crippen LogP contribution is 2.12. The summed E-state index contributed by atoms with van der Waals surface area (Å²) in [5.41, 5.74) is 0.600. The number of hydrogen-bond acceptors (Lipinski definition) is 6. The van der Waals surface area contributed by atoms with Gasteiger partial charge >= 0.3 is 0 Å². The molecule has 1 heterocycles. The zero-order valence-electron chi connectivity index (χ0n) is 14.7. The lowest BCUT2D eigenvalue weighted by Crippen LogP contribution is -2.48. The van der Waals surface area contributed by atoms with Crippen molar-refractivity contribution in [2.24, 2.45) is 0 Å². The van der Waals surface area contributed by atoms with Crippen molar-refractivity contribution in [1.82, 2.24) is 14.7 Å². The van der Waals surface area contributed by atoms with Gasteiger partial charge in [0.2, 0.25) is 0 Å². The molecule has 1 aliphatic heterocycles. The lowest BCUT2D eigenvalue weighted by molar-refractivity contribution is 0.0582. The molecule has 6 nitrogen and oxygen atoms in total. The molecular formula is C18H28N4O2. The van der Waals surface area contributed by atoms with E-state index in [1.165, 1.54) is 0 Å². The number of nitriles is 1. The fraction of sp³-hybridized carbons (Fsp3) is 0.611. The number of aliphatic hydroxyl groups is 1. The molecule has 0 saturated carbocycles. The predicted octanol–water partition coefficient (Wildman–Crippen LogP) is 0.477. The maximum absolute atomic E-state index is 10.2. The number of nitrogens with zero attached hydrogens (tertiary/aromatic N) is 4. The van der Waals surface area contributed by atoms with E-state index < -0.39 is 0 Å². The number of β-amino-alcohol motifs (C(OH)–C–C–N with tert-alkyl or cyclic N) is 1. The minimum absolute atomic E-state index is 0.347. The minimum atomic E-state index is -0.347. The largest absolute Gasteiger partial charge is 0.492 e.